The largest absolute Gasteiger partial charge is 0.148 e. The van der Waals surface area contributed by atoms with Crippen molar-refractivity contribution in [2.75, 3.05) is 0 Å². The number of hydrogen-bond acceptors (Lipinski definition) is 1. The van der Waals surface area contributed by atoms with E-state index in [1.54, 1.807) is 11.1 Å². The smallest absolute Gasteiger partial charge is 0.0352 e. The summed E-state index contributed by atoms with van der Waals surface area (Å²) in [5.41, 5.74) is 5.21. The van der Waals surface area contributed by atoms with Gasteiger partial charge in [-0.05, 0) is 27.5 Å². The minimum absolute atomic E-state index is 0.263. The zero-order valence-electron chi connectivity index (χ0n) is 11.9. The van der Waals surface area contributed by atoms with E-state index < -0.39 is 0 Å². The minimum atomic E-state index is 0.263. The van der Waals surface area contributed by atoms with Crippen LogP contribution in [0.3, 0.4) is 0 Å². The van der Waals surface area contributed by atoms with Gasteiger partial charge >= 0.3 is 0 Å². The van der Waals surface area contributed by atoms with Crippen LogP contribution in [-0.2, 0) is 11.2 Å². The number of thioether (sulfide) groups is 1. The van der Waals surface area contributed by atoms with Crippen LogP contribution in [0, 0.1) is 5.41 Å². The summed E-state index contributed by atoms with van der Waals surface area (Å²) in [4.78, 5) is 0. The third-order valence-corrected chi connectivity index (χ3v) is 5.26. The maximum atomic E-state index is 2.42. The summed E-state index contributed by atoms with van der Waals surface area (Å²) in [5, 5.41) is 0.659. The van der Waals surface area contributed by atoms with Gasteiger partial charge in [-0.25, -0.2) is 0 Å². The summed E-state index contributed by atoms with van der Waals surface area (Å²) >= 11 is 2.10. The molecule has 1 aliphatic heterocycles. The normalized spacial score (nSPS) is 20.5. The molecule has 0 N–H and O–H groups in total. The first-order valence-corrected chi connectivity index (χ1v) is 7.49. The fourth-order valence-electron chi connectivity index (χ4n) is 2.43. The molecule has 1 atom stereocenters. The van der Waals surface area contributed by atoms with Gasteiger partial charge in [0, 0.05) is 11.0 Å². The lowest BCUT2D eigenvalue weighted by Gasteiger charge is -2.27. The number of benzene rings is 1. The molecule has 0 nitrogen and oxygen atoms in total. The standard InChI is InChI=1S/C16H24S/c1-15(2,3)12-7-8-13-11(9-12)10-17-14(13)16(4,5)6/h7-9,14H,10H2,1-6H3. The molecular formula is C16H24S. The first-order chi connectivity index (χ1) is 7.69. The number of rotatable bonds is 0. The minimum Gasteiger partial charge on any atom is -0.148 e. The lowest BCUT2D eigenvalue weighted by molar-refractivity contribution is 0.404. The molecule has 0 aliphatic carbocycles. The van der Waals surface area contributed by atoms with Crippen molar-refractivity contribution in [2.45, 2.75) is 58.0 Å². The molecule has 94 valence electrons. The predicted molar refractivity (Wildman–Crippen MR) is 78.6 cm³/mol. The fourth-order valence-corrected chi connectivity index (χ4v) is 3.94. The molecule has 1 aromatic carbocycles. The fraction of sp³-hybridized carbons (Fsp3) is 0.625. The van der Waals surface area contributed by atoms with Crippen LogP contribution in [0.1, 0.15) is 63.5 Å². The zero-order valence-corrected chi connectivity index (χ0v) is 12.7. The van der Waals surface area contributed by atoms with Gasteiger partial charge in [0.15, 0.2) is 0 Å². The van der Waals surface area contributed by atoms with E-state index in [0.29, 0.717) is 10.7 Å². The van der Waals surface area contributed by atoms with Gasteiger partial charge in [0.25, 0.3) is 0 Å². The highest BCUT2D eigenvalue weighted by molar-refractivity contribution is 7.99. The van der Waals surface area contributed by atoms with Crippen LogP contribution in [0.5, 0.6) is 0 Å². The predicted octanol–water partition coefficient (Wildman–Crippen LogP) is 5.32. The van der Waals surface area contributed by atoms with E-state index in [1.165, 1.54) is 11.3 Å². The van der Waals surface area contributed by atoms with Crippen molar-refractivity contribution >= 4 is 11.8 Å². The summed E-state index contributed by atoms with van der Waals surface area (Å²) in [7, 11) is 0. The number of hydrogen-bond donors (Lipinski definition) is 0. The van der Waals surface area contributed by atoms with Gasteiger partial charge in [0.2, 0.25) is 0 Å². The van der Waals surface area contributed by atoms with E-state index in [0.717, 1.165) is 0 Å². The van der Waals surface area contributed by atoms with Crippen LogP contribution < -0.4 is 0 Å². The zero-order chi connectivity index (χ0) is 12.8. The second kappa shape index (κ2) is 4.05. The lowest BCUT2D eigenvalue weighted by Crippen LogP contribution is -2.14. The Morgan fingerprint density at radius 2 is 1.71 bits per heavy atom. The Kier molecular flexibility index (Phi) is 3.10. The van der Waals surface area contributed by atoms with Crippen LogP contribution >= 0.6 is 11.8 Å². The molecule has 17 heavy (non-hydrogen) atoms. The van der Waals surface area contributed by atoms with E-state index in [4.69, 9.17) is 0 Å². The Morgan fingerprint density at radius 1 is 1.06 bits per heavy atom. The van der Waals surface area contributed by atoms with Crippen molar-refractivity contribution in [3.63, 3.8) is 0 Å². The van der Waals surface area contributed by atoms with E-state index in [1.807, 2.05) is 0 Å². The Balaban J connectivity index is 2.39. The molecule has 1 heterocycles. The van der Waals surface area contributed by atoms with E-state index in [9.17, 15) is 0 Å². The second-order valence-corrected chi connectivity index (χ2v) is 8.31. The molecule has 0 amide bonds. The van der Waals surface area contributed by atoms with E-state index in [2.05, 4.69) is 71.5 Å². The van der Waals surface area contributed by atoms with Crippen molar-refractivity contribution in [1.29, 1.82) is 0 Å². The summed E-state index contributed by atoms with van der Waals surface area (Å²) in [6, 6.07) is 7.11. The number of fused-ring (bicyclic) bond motifs is 1. The summed E-state index contributed by atoms with van der Waals surface area (Å²) in [5.74, 6) is 1.18. The molecule has 0 aromatic heterocycles. The van der Waals surface area contributed by atoms with Crippen molar-refractivity contribution in [3.8, 4) is 0 Å². The van der Waals surface area contributed by atoms with Crippen molar-refractivity contribution < 1.29 is 0 Å². The molecule has 0 spiro atoms. The van der Waals surface area contributed by atoms with Crippen LogP contribution in [0.25, 0.3) is 0 Å². The summed E-state index contributed by atoms with van der Waals surface area (Å²) < 4.78 is 0. The third kappa shape index (κ3) is 2.54. The molecule has 2 rings (SSSR count). The average molecular weight is 248 g/mol. The Hall–Kier alpha value is -0.430. The molecule has 0 saturated heterocycles. The highest BCUT2D eigenvalue weighted by Crippen LogP contribution is 2.51. The maximum absolute atomic E-state index is 2.42. The van der Waals surface area contributed by atoms with Crippen molar-refractivity contribution in [2.24, 2.45) is 5.41 Å². The van der Waals surface area contributed by atoms with Crippen LogP contribution in [-0.4, -0.2) is 0 Å². The Labute approximate surface area is 110 Å². The molecule has 0 fully saturated rings. The molecule has 1 aromatic rings. The Morgan fingerprint density at radius 3 is 2.24 bits per heavy atom. The van der Waals surface area contributed by atoms with Crippen molar-refractivity contribution in [1.82, 2.24) is 0 Å². The first-order valence-electron chi connectivity index (χ1n) is 6.44. The van der Waals surface area contributed by atoms with Gasteiger partial charge in [-0.3, -0.25) is 0 Å². The van der Waals surface area contributed by atoms with Gasteiger partial charge < -0.3 is 0 Å². The molecule has 1 heteroatoms. The third-order valence-electron chi connectivity index (χ3n) is 3.48. The van der Waals surface area contributed by atoms with Crippen LogP contribution in [0.15, 0.2) is 18.2 Å². The molecule has 1 aliphatic rings. The summed E-state index contributed by atoms with van der Waals surface area (Å²) in [6.07, 6.45) is 0. The lowest BCUT2D eigenvalue weighted by atomic mass is 9.82. The average Bonchev–Trinajstić information content (AvgIpc) is 2.57. The molecular weight excluding hydrogens is 224 g/mol. The SMILES string of the molecule is CC(C)(C)c1ccc2c(c1)CSC2C(C)(C)C. The monoisotopic (exact) mass is 248 g/mol. The highest BCUT2D eigenvalue weighted by atomic mass is 32.2. The Bertz CT molecular complexity index is 418. The molecule has 0 bridgehead atoms. The molecule has 0 saturated carbocycles. The van der Waals surface area contributed by atoms with E-state index >= 15 is 0 Å². The van der Waals surface area contributed by atoms with Gasteiger partial charge in [-0.2, -0.15) is 0 Å². The van der Waals surface area contributed by atoms with Crippen molar-refractivity contribution in [3.05, 3.63) is 34.9 Å². The highest BCUT2D eigenvalue weighted by Gasteiger charge is 2.33. The van der Waals surface area contributed by atoms with E-state index in [-0.39, 0.29) is 5.41 Å². The second-order valence-electron chi connectivity index (χ2n) is 7.22. The van der Waals surface area contributed by atoms with Gasteiger partial charge in [0.1, 0.15) is 0 Å². The van der Waals surface area contributed by atoms with Crippen LogP contribution in [0.4, 0.5) is 0 Å². The van der Waals surface area contributed by atoms with Gasteiger partial charge in [0.05, 0.1) is 0 Å². The van der Waals surface area contributed by atoms with Crippen LogP contribution in [0.2, 0.25) is 0 Å². The van der Waals surface area contributed by atoms with Gasteiger partial charge in [-0.15, -0.1) is 11.8 Å². The van der Waals surface area contributed by atoms with Gasteiger partial charge in [-0.1, -0.05) is 59.7 Å². The summed E-state index contributed by atoms with van der Waals surface area (Å²) in [6.45, 7) is 13.9. The molecule has 0 radical (unpaired) electrons. The quantitative estimate of drug-likeness (QED) is 0.599. The maximum Gasteiger partial charge on any atom is 0.0352 e. The topological polar surface area (TPSA) is 0 Å². The molecule has 1 unspecified atom stereocenters. The first kappa shape index (κ1) is 13.0.